The molecule has 2 saturated heterocycles. The van der Waals surface area contributed by atoms with Crippen molar-refractivity contribution in [2.45, 2.75) is 32.3 Å². The topological polar surface area (TPSA) is 75.6 Å². The number of carbonyl (C=O) groups excluding carboxylic acids is 2. The van der Waals surface area contributed by atoms with Crippen LogP contribution < -0.4 is 4.74 Å². The van der Waals surface area contributed by atoms with E-state index in [0.717, 1.165) is 25.1 Å². The van der Waals surface area contributed by atoms with Gasteiger partial charge in [-0.05, 0) is 25.8 Å². The number of ether oxygens (including phenoxy) is 1. The molecule has 0 radical (unpaired) electrons. The predicted octanol–water partition coefficient (Wildman–Crippen LogP) is 0.633. The molecule has 2 aliphatic heterocycles. The van der Waals surface area contributed by atoms with E-state index in [1.165, 1.54) is 0 Å². The molecule has 2 amide bonds. The molecule has 3 rings (SSSR count). The van der Waals surface area contributed by atoms with Gasteiger partial charge in [0.1, 0.15) is 6.10 Å². The van der Waals surface area contributed by atoms with Gasteiger partial charge in [-0.3, -0.25) is 9.59 Å². The first kappa shape index (κ1) is 15.7. The second kappa shape index (κ2) is 6.52. The van der Waals surface area contributed by atoms with Crippen LogP contribution in [0.5, 0.6) is 5.88 Å². The third kappa shape index (κ3) is 3.60. The first-order valence-electron chi connectivity index (χ1n) is 8.02. The molecule has 7 heteroatoms. The van der Waals surface area contributed by atoms with Gasteiger partial charge in [-0.1, -0.05) is 0 Å². The van der Waals surface area contributed by atoms with Gasteiger partial charge < -0.3 is 14.5 Å². The number of hydrogen-bond acceptors (Lipinski definition) is 5. The maximum absolute atomic E-state index is 12.6. The second-order valence-electron chi connectivity index (χ2n) is 6.35. The molecule has 0 spiro atoms. The molecule has 0 aromatic carbocycles. The third-order valence-electron chi connectivity index (χ3n) is 4.44. The van der Waals surface area contributed by atoms with E-state index in [-0.39, 0.29) is 23.8 Å². The minimum Gasteiger partial charge on any atom is -0.471 e. The molecule has 1 aromatic heterocycles. The highest BCUT2D eigenvalue weighted by atomic mass is 16.5. The van der Waals surface area contributed by atoms with Gasteiger partial charge >= 0.3 is 0 Å². The summed E-state index contributed by atoms with van der Waals surface area (Å²) < 4.78 is 5.85. The van der Waals surface area contributed by atoms with Crippen LogP contribution in [0.2, 0.25) is 0 Å². The van der Waals surface area contributed by atoms with E-state index >= 15 is 0 Å². The normalized spacial score (nSPS) is 24.9. The number of hydrogen-bond donors (Lipinski definition) is 0. The van der Waals surface area contributed by atoms with Crippen molar-refractivity contribution in [2.24, 2.45) is 5.92 Å². The largest absolute Gasteiger partial charge is 0.471 e. The predicted molar refractivity (Wildman–Crippen MR) is 82.7 cm³/mol. The van der Waals surface area contributed by atoms with Gasteiger partial charge in [0.25, 0.3) is 0 Å². The summed E-state index contributed by atoms with van der Waals surface area (Å²) in [5.41, 5.74) is 0.841. The van der Waals surface area contributed by atoms with Crippen molar-refractivity contribution in [1.82, 2.24) is 20.0 Å². The van der Waals surface area contributed by atoms with E-state index in [2.05, 4.69) is 10.2 Å². The molecule has 2 aliphatic rings. The van der Waals surface area contributed by atoms with Crippen LogP contribution >= 0.6 is 0 Å². The Morgan fingerprint density at radius 2 is 2.13 bits per heavy atom. The van der Waals surface area contributed by atoms with Crippen molar-refractivity contribution in [1.29, 1.82) is 0 Å². The zero-order valence-corrected chi connectivity index (χ0v) is 13.6. The van der Waals surface area contributed by atoms with E-state index in [1.54, 1.807) is 18.0 Å². The minimum atomic E-state index is -0.217. The average molecular weight is 318 g/mol. The Labute approximate surface area is 135 Å². The Morgan fingerprint density at radius 1 is 1.30 bits per heavy atom. The summed E-state index contributed by atoms with van der Waals surface area (Å²) in [7, 11) is 1.74. The number of rotatable bonds is 3. The van der Waals surface area contributed by atoms with Crippen molar-refractivity contribution in [3.63, 3.8) is 0 Å². The SMILES string of the molecule is Cc1ccc(OC2CCCN(C(=O)C3CC(=O)N(C)C3)C2)nn1. The first-order valence-corrected chi connectivity index (χ1v) is 8.02. The summed E-state index contributed by atoms with van der Waals surface area (Å²) in [4.78, 5) is 27.7. The van der Waals surface area contributed by atoms with Crippen LogP contribution in [0.25, 0.3) is 0 Å². The number of aryl methyl sites for hydroxylation is 1. The molecule has 124 valence electrons. The number of amides is 2. The van der Waals surface area contributed by atoms with E-state index in [1.807, 2.05) is 17.9 Å². The fraction of sp³-hybridized carbons (Fsp3) is 0.625. The lowest BCUT2D eigenvalue weighted by atomic mass is 10.0. The fourth-order valence-corrected chi connectivity index (χ4v) is 3.14. The van der Waals surface area contributed by atoms with Crippen molar-refractivity contribution in [3.05, 3.63) is 17.8 Å². The summed E-state index contributed by atoms with van der Waals surface area (Å²) in [5, 5.41) is 7.99. The smallest absolute Gasteiger partial charge is 0.233 e. The summed E-state index contributed by atoms with van der Waals surface area (Å²) in [6.45, 7) is 3.66. The van der Waals surface area contributed by atoms with E-state index in [0.29, 0.717) is 25.4 Å². The van der Waals surface area contributed by atoms with Gasteiger partial charge in [-0.25, -0.2) is 0 Å². The molecule has 0 N–H and O–H groups in total. The van der Waals surface area contributed by atoms with Gasteiger partial charge in [0.05, 0.1) is 18.2 Å². The van der Waals surface area contributed by atoms with Crippen LogP contribution in [-0.2, 0) is 9.59 Å². The molecule has 2 atom stereocenters. The lowest BCUT2D eigenvalue weighted by molar-refractivity contribution is -0.138. The Hall–Kier alpha value is -2.18. The third-order valence-corrected chi connectivity index (χ3v) is 4.44. The maximum Gasteiger partial charge on any atom is 0.233 e. The molecule has 7 nitrogen and oxygen atoms in total. The van der Waals surface area contributed by atoms with Crippen molar-refractivity contribution in [2.75, 3.05) is 26.7 Å². The lowest BCUT2D eigenvalue weighted by Gasteiger charge is -2.33. The summed E-state index contributed by atoms with van der Waals surface area (Å²) in [6, 6.07) is 3.65. The molecular formula is C16H22N4O3. The first-order chi connectivity index (χ1) is 11.0. The zero-order valence-electron chi connectivity index (χ0n) is 13.6. The van der Waals surface area contributed by atoms with Gasteiger partial charge in [0.15, 0.2) is 0 Å². The average Bonchev–Trinajstić information content (AvgIpc) is 2.88. The highest BCUT2D eigenvalue weighted by Gasteiger charge is 2.36. The van der Waals surface area contributed by atoms with E-state index in [9.17, 15) is 9.59 Å². The monoisotopic (exact) mass is 318 g/mol. The number of piperidine rings is 1. The Morgan fingerprint density at radius 3 is 2.78 bits per heavy atom. The van der Waals surface area contributed by atoms with Crippen molar-refractivity contribution >= 4 is 11.8 Å². The minimum absolute atomic E-state index is 0.0445. The molecule has 3 heterocycles. The highest BCUT2D eigenvalue weighted by Crippen LogP contribution is 2.22. The Bertz CT molecular complexity index is 589. The zero-order chi connectivity index (χ0) is 16.4. The van der Waals surface area contributed by atoms with Gasteiger partial charge in [0, 0.05) is 32.6 Å². The molecular weight excluding hydrogens is 296 g/mol. The van der Waals surface area contributed by atoms with Crippen LogP contribution in [0.3, 0.4) is 0 Å². The maximum atomic E-state index is 12.6. The van der Waals surface area contributed by atoms with Gasteiger partial charge in [-0.2, -0.15) is 5.10 Å². The molecule has 2 unspecified atom stereocenters. The lowest BCUT2D eigenvalue weighted by Crippen LogP contribution is -2.47. The molecule has 0 aliphatic carbocycles. The number of aromatic nitrogens is 2. The van der Waals surface area contributed by atoms with E-state index < -0.39 is 0 Å². The van der Waals surface area contributed by atoms with Gasteiger partial charge in [0.2, 0.25) is 17.7 Å². The van der Waals surface area contributed by atoms with Crippen LogP contribution in [0, 0.1) is 12.8 Å². The summed E-state index contributed by atoms with van der Waals surface area (Å²) in [6.07, 6.45) is 2.04. The molecule has 2 fully saturated rings. The quantitative estimate of drug-likeness (QED) is 0.817. The second-order valence-corrected chi connectivity index (χ2v) is 6.35. The van der Waals surface area contributed by atoms with Crippen LogP contribution in [0.1, 0.15) is 25.0 Å². The van der Waals surface area contributed by atoms with Crippen molar-refractivity contribution < 1.29 is 14.3 Å². The number of likely N-dealkylation sites (tertiary alicyclic amines) is 2. The summed E-state index contributed by atoms with van der Waals surface area (Å²) in [5.74, 6) is 0.380. The van der Waals surface area contributed by atoms with Crippen LogP contribution in [0.15, 0.2) is 12.1 Å². The van der Waals surface area contributed by atoms with Crippen LogP contribution in [0.4, 0.5) is 0 Å². The number of nitrogens with zero attached hydrogens (tertiary/aromatic N) is 4. The molecule has 0 bridgehead atoms. The van der Waals surface area contributed by atoms with Crippen molar-refractivity contribution in [3.8, 4) is 5.88 Å². The Kier molecular flexibility index (Phi) is 4.45. The standard InChI is InChI=1S/C16H22N4O3/c1-11-5-6-14(18-17-11)23-13-4-3-7-20(10-13)16(22)12-8-15(21)19(2)9-12/h5-6,12-13H,3-4,7-10H2,1-2H3. The Balaban J connectivity index is 1.58. The molecule has 23 heavy (non-hydrogen) atoms. The number of carbonyl (C=O) groups is 2. The summed E-state index contributed by atoms with van der Waals surface area (Å²) >= 11 is 0. The fourth-order valence-electron chi connectivity index (χ4n) is 3.14. The van der Waals surface area contributed by atoms with Gasteiger partial charge in [-0.15, -0.1) is 5.10 Å². The van der Waals surface area contributed by atoms with Crippen LogP contribution in [-0.4, -0.2) is 64.6 Å². The molecule has 1 aromatic rings. The highest BCUT2D eigenvalue weighted by molar-refractivity contribution is 5.89. The van der Waals surface area contributed by atoms with E-state index in [4.69, 9.17) is 4.74 Å². The molecule has 0 saturated carbocycles.